The number of carbonyl (C=O) groups excluding carboxylic acids is 1. The van der Waals surface area contributed by atoms with Gasteiger partial charge in [-0.3, -0.25) is 9.52 Å². The summed E-state index contributed by atoms with van der Waals surface area (Å²) in [5.41, 5.74) is 2.41. The number of rotatable bonds is 3. The van der Waals surface area contributed by atoms with E-state index in [9.17, 15) is 13.2 Å². The van der Waals surface area contributed by atoms with Crippen LogP contribution in [-0.4, -0.2) is 14.3 Å². The summed E-state index contributed by atoms with van der Waals surface area (Å²) in [7, 11) is -3.67. The Labute approximate surface area is 153 Å². The third-order valence-electron chi connectivity index (χ3n) is 5.56. The first-order valence-electron chi connectivity index (χ1n) is 8.97. The Morgan fingerprint density at radius 1 is 1.04 bits per heavy atom. The molecule has 2 N–H and O–H groups in total. The summed E-state index contributed by atoms with van der Waals surface area (Å²) in [4.78, 5) is 12.9. The van der Waals surface area contributed by atoms with Gasteiger partial charge in [-0.15, -0.1) is 0 Å². The summed E-state index contributed by atoms with van der Waals surface area (Å²) in [6.07, 6.45) is 4.82. The molecule has 6 heteroatoms. The van der Waals surface area contributed by atoms with Gasteiger partial charge in [0.05, 0.1) is 10.3 Å². The predicted octanol–water partition coefficient (Wildman–Crippen LogP) is 3.95. The quantitative estimate of drug-likeness (QED) is 0.859. The highest BCUT2D eigenvalue weighted by Crippen LogP contribution is 2.48. The maximum Gasteiger partial charge on any atom is 0.262 e. The number of hydrogen-bond donors (Lipinski definition) is 2. The van der Waals surface area contributed by atoms with Crippen molar-refractivity contribution in [2.45, 2.75) is 49.3 Å². The minimum absolute atomic E-state index is 0.0473. The molecule has 2 aliphatic rings. The van der Waals surface area contributed by atoms with Crippen molar-refractivity contribution in [3.63, 3.8) is 0 Å². The highest BCUT2D eigenvalue weighted by Gasteiger charge is 2.47. The highest BCUT2D eigenvalue weighted by molar-refractivity contribution is 7.92. The molecule has 1 amide bonds. The number of aryl methyl sites for hydroxylation is 1. The van der Waals surface area contributed by atoms with Crippen molar-refractivity contribution < 1.29 is 13.2 Å². The van der Waals surface area contributed by atoms with E-state index in [1.807, 2.05) is 12.1 Å². The minimum Gasteiger partial charge on any atom is -0.325 e. The summed E-state index contributed by atoms with van der Waals surface area (Å²) in [6, 6.07) is 12.2. The second-order valence-corrected chi connectivity index (χ2v) is 8.88. The number of nitrogens with one attached hydrogen (secondary N) is 2. The lowest BCUT2D eigenvalue weighted by Gasteiger charge is -2.31. The average Bonchev–Trinajstić information content (AvgIpc) is 2.87. The Hall–Kier alpha value is -2.34. The van der Waals surface area contributed by atoms with Crippen LogP contribution in [0.3, 0.4) is 0 Å². The molecular formula is C20H22N2O3S. The largest absolute Gasteiger partial charge is 0.325 e. The summed E-state index contributed by atoms with van der Waals surface area (Å²) in [5, 5.41) is 2.97. The van der Waals surface area contributed by atoms with Gasteiger partial charge in [-0.2, -0.15) is 0 Å². The van der Waals surface area contributed by atoms with Gasteiger partial charge in [0.2, 0.25) is 5.91 Å². The molecule has 1 aliphatic carbocycles. The molecule has 0 aromatic heterocycles. The van der Waals surface area contributed by atoms with Gasteiger partial charge < -0.3 is 5.32 Å². The Bertz CT molecular complexity index is 976. The van der Waals surface area contributed by atoms with Crippen LogP contribution in [0.5, 0.6) is 0 Å². The topological polar surface area (TPSA) is 75.3 Å². The molecule has 0 saturated heterocycles. The van der Waals surface area contributed by atoms with Crippen LogP contribution < -0.4 is 10.0 Å². The zero-order valence-electron chi connectivity index (χ0n) is 14.7. The Morgan fingerprint density at radius 3 is 2.50 bits per heavy atom. The first-order valence-corrected chi connectivity index (χ1v) is 10.5. The van der Waals surface area contributed by atoms with Gasteiger partial charge in [-0.1, -0.05) is 37.5 Å². The number of amides is 1. The Kier molecular flexibility index (Phi) is 4.03. The van der Waals surface area contributed by atoms with Gasteiger partial charge in [-0.05, 0) is 55.2 Å². The maximum absolute atomic E-state index is 12.8. The minimum atomic E-state index is -3.67. The number of hydrogen-bond acceptors (Lipinski definition) is 3. The molecule has 2 aromatic carbocycles. The van der Waals surface area contributed by atoms with Crippen LogP contribution in [0, 0.1) is 6.92 Å². The lowest BCUT2D eigenvalue weighted by molar-refractivity contribution is -0.121. The first-order chi connectivity index (χ1) is 12.4. The Morgan fingerprint density at radius 2 is 1.77 bits per heavy atom. The lowest BCUT2D eigenvalue weighted by Crippen LogP contribution is -2.36. The summed E-state index contributed by atoms with van der Waals surface area (Å²) in [6.45, 7) is 1.77. The fourth-order valence-corrected chi connectivity index (χ4v) is 5.49. The fraction of sp³-hybridized carbons (Fsp3) is 0.350. The number of carbonyl (C=O) groups is 1. The van der Waals surface area contributed by atoms with E-state index in [0.717, 1.165) is 43.4 Å². The number of benzene rings is 2. The van der Waals surface area contributed by atoms with Crippen LogP contribution in [0.4, 0.5) is 11.4 Å². The van der Waals surface area contributed by atoms with Crippen LogP contribution in [0.25, 0.3) is 0 Å². The fourth-order valence-electron chi connectivity index (χ4n) is 4.20. The second-order valence-electron chi connectivity index (χ2n) is 7.23. The molecule has 1 aliphatic heterocycles. The molecule has 26 heavy (non-hydrogen) atoms. The molecule has 0 bridgehead atoms. The van der Waals surface area contributed by atoms with Crippen molar-refractivity contribution in [1.29, 1.82) is 0 Å². The molecule has 1 fully saturated rings. The van der Waals surface area contributed by atoms with E-state index in [0.29, 0.717) is 11.3 Å². The lowest BCUT2D eigenvalue weighted by atomic mass is 9.70. The number of sulfonamides is 1. The number of anilines is 2. The van der Waals surface area contributed by atoms with Crippen LogP contribution in [0.1, 0.15) is 43.2 Å². The zero-order chi connectivity index (χ0) is 18.4. The summed E-state index contributed by atoms with van der Waals surface area (Å²) < 4.78 is 28.2. The van der Waals surface area contributed by atoms with E-state index in [2.05, 4.69) is 10.0 Å². The van der Waals surface area contributed by atoms with Crippen LogP contribution >= 0.6 is 0 Å². The van der Waals surface area contributed by atoms with E-state index in [1.165, 1.54) is 0 Å². The SMILES string of the molecule is Cc1ccccc1S(=O)(=O)Nc1ccc2c(c1)C1(CCCCC1)C(=O)N2. The van der Waals surface area contributed by atoms with Crippen LogP contribution in [0.2, 0.25) is 0 Å². The molecular weight excluding hydrogens is 348 g/mol. The molecule has 0 radical (unpaired) electrons. The van der Waals surface area contributed by atoms with Gasteiger partial charge >= 0.3 is 0 Å². The maximum atomic E-state index is 12.8. The van der Waals surface area contributed by atoms with E-state index in [4.69, 9.17) is 0 Å². The standard InChI is InChI=1S/C20H22N2O3S/c1-14-7-3-4-8-18(14)26(24,25)22-15-9-10-17-16(13-15)20(19(23)21-17)11-5-2-6-12-20/h3-4,7-10,13,22H,2,5-6,11-12H2,1H3,(H,21,23). The first kappa shape index (κ1) is 17.1. The molecule has 0 atom stereocenters. The zero-order valence-corrected chi connectivity index (χ0v) is 15.5. The van der Waals surface area contributed by atoms with Gasteiger partial charge in [0, 0.05) is 11.4 Å². The van der Waals surface area contributed by atoms with Crippen molar-refractivity contribution in [2.24, 2.45) is 0 Å². The second kappa shape index (κ2) is 6.13. The molecule has 5 nitrogen and oxygen atoms in total. The van der Waals surface area contributed by atoms with E-state index < -0.39 is 15.4 Å². The molecule has 1 spiro atoms. The van der Waals surface area contributed by atoms with Crippen molar-refractivity contribution in [3.8, 4) is 0 Å². The van der Waals surface area contributed by atoms with Gasteiger partial charge in [-0.25, -0.2) is 8.42 Å². The Balaban J connectivity index is 1.70. The molecule has 0 unspecified atom stereocenters. The van der Waals surface area contributed by atoms with Crippen molar-refractivity contribution in [1.82, 2.24) is 0 Å². The van der Waals surface area contributed by atoms with E-state index >= 15 is 0 Å². The van der Waals surface area contributed by atoms with Crippen molar-refractivity contribution in [2.75, 3.05) is 10.0 Å². The monoisotopic (exact) mass is 370 g/mol. The predicted molar refractivity (Wildman–Crippen MR) is 102 cm³/mol. The molecule has 1 saturated carbocycles. The smallest absolute Gasteiger partial charge is 0.262 e. The van der Waals surface area contributed by atoms with Gasteiger partial charge in [0.25, 0.3) is 10.0 Å². The van der Waals surface area contributed by atoms with E-state index in [1.54, 1.807) is 37.3 Å². The molecule has 1 heterocycles. The average molecular weight is 370 g/mol. The highest BCUT2D eigenvalue weighted by atomic mass is 32.2. The third kappa shape index (κ3) is 2.69. The number of fused-ring (bicyclic) bond motifs is 2. The molecule has 136 valence electrons. The molecule has 4 rings (SSSR count). The van der Waals surface area contributed by atoms with Gasteiger partial charge in [0.1, 0.15) is 0 Å². The summed E-state index contributed by atoms with van der Waals surface area (Å²) in [5.74, 6) is 0.0473. The van der Waals surface area contributed by atoms with E-state index in [-0.39, 0.29) is 10.8 Å². The third-order valence-corrected chi connectivity index (χ3v) is 7.10. The van der Waals surface area contributed by atoms with Crippen molar-refractivity contribution >= 4 is 27.3 Å². The normalized spacial score (nSPS) is 18.4. The van der Waals surface area contributed by atoms with Crippen LogP contribution in [0.15, 0.2) is 47.4 Å². The van der Waals surface area contributed by atoms with Crippen LogP contribution in [-0.2, 0) is 20.2 Å². The summed E-state index contributed by atoms with van der Waals surface area (Å²) >= 11 is 0. The van der Waals surface area contributed by atoms with Gasteiger partial charge in [0.15, 0.2) is 0 Å². The molecule has 2 aromatic rings. The van der Waals surface area contributed by atoms with Crippen molar-refractivity contribution in [3.05, 3.63) is 53.6 Å².